The zero-order valence-electron chi connectivity index (χ0n) is 15.1. The van der Waals surface area contributed by atoms with Crippen LogP contribution in [0.5, 0.6) is 5.75 Å². The maximum atomic E-state index is 12.6. The van der Waals surface area contributed by atoms with E-state index in [2.05, 4.69) is 10.6 Å². The molecule has 0 radical (unpaired) electrons. The summed E-state index contributed by atoms with van der Waals surface area (Å²) in [5, 5.41) is 5.57. The molecule has 0 fully saturated rings. The molecule has 6 heteroatoms. The Kier molecular flexibility index (Phi) is 5.81. The molecule has 3 aromatic rings. The summed E-state index contributed by atoms with van der Waals surface area (Å²) in [6, 6.07) is 22.0. The number of anilines is 2. The number of carbonyl (C=O) groups excluding carboxylic acids is 3. The molecule has 0 saturated carbocycles. The van der Waals surface area contributed by atoms with Gasteiger partial charge in [0, 0.05) is 18.1 Å². The maximum Gasteiger partial charge on any atom is 0.308 e. The van der Waals surface area contributed by atoms with Crippen LogP contribution in [0.4, 0.5) is 11.4 Å². The van der Waals surface area contributed by atoms with Crippen LogP contribution in [0.3, 0.4) is 0 Å². The molecule has 3 aromatic carbocycles. The zero-order valence-corrected chi connectivity index (χ0v) is 15.1. The van der Waals surface area contributed by atoms with Crippen molar-refractivity contribution in [2.75, 3.05) is 10.6 Å². The molecular formula is C22H18N2O4. The lowest BCUT2D eigenvalue weighted by atomic mass is 10.1. The largest absolute Gasteiger partial charge is 0.427 e. The van der Waals surface area contributed by atoms with E-state index in [1.807, 2.05) is 6.07 Å². The lowest BCUT2D eigenvalue weighted by molar-refractivity contribution is -0.131. The van der Waals surface area contributed by atoms with Gasteiger partial charge in [0.25, 0.3) is 11.8 Å². The van der Waals surface area contributed by atoms with Gasteiger partial charge in [0.2, 0.25) is 0 Å². The minimum absolute atomic E-state index is 0.279. The highest BCUT2D eigenvalue weighted by molar-refractivity contribution is 6.10. The Morgan fingerprint density at radius 1 is 0.679 bits per heavy atom. The van der Waals surface area contributed by atoms with E-state index in [1.165, 1.54) is 13.0 Å². The average Bonchev–Trinajstić information content (AvgIpc) is 2.70. The monoisotopic (exact) mass is 374 g/mol. The molecular weight excluding hydrogens is 356 g/mol. The molecule has 0 atom stereocenters. The minimum atomic E-state index is -0.466. The van der Waals surface area contributed by atoms with Crippen molar-refractivity contribution < 1.29 is 19.1 Å². The molecule has 28 heavy (non-hydrogen) atoms. The van der Waals surface area contributed by atoms with E-state index in [1.54, 1.807) is 66.7 Å². The second-order valence-corrected chi connectivity index (χ2v) is 5.94. The summed E-state index contributed by atoms with van der Waals surface area (Å²) >= 11 is 0. The van der Waals surface area contributed by atoms with Crippen molar-refractivity contribution in [3.8, 4) is 5.75 Å². The van der Waals surface area contributed by atoms with Gasteiger partial charge in [0.15, 0.2) is 0 Å². The molecule has 6 nitrogen and oxygen atoms in total. The van der Waals surface area contributed by atoms with Crippen molar-refractivity contribution in [2.45, 2.75) is 6.92 Å². The van der Waals surface area contributed by atoms with Gasteiger partial charge in [-0.3, -0.25) is 14.4 Å². The molecule has 0 spiro atoms. The van der Waals surface area contributed by atoms with Crippen molar-refractivity contribution >= 4 is 29.2 Å². The van der Waals surface area contributed by atoms with Gasteiger partial charge in [-0.1, -0.05) is 36.4 Å². The normalized spacial score (nSPS) is 10.0. The Hall–Kier alpha value is -3.93. The fourth-order valence-electron chi connectivity index (χ4n) is 2.55. The summed E-state index contributed by atoms with van der Waals surface area (Å²) in [5.74, 6) is -0.855. The van der Waals surface area contributed by atoms with Crippen molar-refractivity contribution in [1.82, 2.24) is 0 Å². The Morgan fingerprint density at radius 2 is 1.21 bits per heavy atom. The van der Waals surface area contributed by atoms with E-state index in [0.717, 1.165) is 0 Å². The molecule has 0 aliphatic carbocycles. The molecule has 0 unspecified atom stereocenters. The van der Waals surface area contributed by atoms with Crippen molar-refractivity contribution in [3.63, 3.8) is 0 Å². The Labute approximate surface area is 162 Å². The zero-order chi connectivity index (χ0) is 19.9. The molecule has 0 aliphatic heterocycles. The number of hydrogen-bond acceptors (Lipinski definition) is 4. The first-order chi connectivity index (χ1) is 13.5. The van der Waals surface area contributed by atoms with Crippen LogP contribution >= 0.6 is 0 Å². The summed E-state index contributed by atoms with van der Waals surface area (Å²) in [7, 11) is 0. The summed E-state index contributed by atoms with van der Waals surface area (Å²) in [4.78, 5) is 36.1. The number of rotatable bonds is 5. The topological polar surface area (TPSA) is 84.5 Å². The molecule has 0 bridgehead atoms. The van der Waals surface area contributed by atoms with E-state index in [-0.39, 0.29) is 11.7 Å². The summed E-state index contributed by atoms with van der Waals surface area (Å²) in [6.07, 6.45) is 0. The predicted molar refractivity (Wildman–Crippen MR) is 107 cm³/mol. The third-order valence-corrected chi connectivity index (χ3v) is 3.82. The predicted octanol–water partition coefficient (Wildman–Crippen LogP) is 4.12. The molecule has 0 aromatic heterocycles. The summed E-state index contributed by atoms with van der Waals surface area (Å²) in [5.41, 5.74) is 1.76. The lowest BCUT2D eigenvalue weighted by Gasteiger charge is -2.13. The molecule has 140 valence electrons. The summed E-state index contributed by atoms with van der Waals surface area (Å²) in [6.45, 7) is 1.29. The van der Waals surface area contributed by atoms with Gasteiger partial charge in [-0.15, -0.1) is 0 Å². The van der Waals surface area contributed by atoms with Crippen LogP contribution in [0.2, 0.25) is 0 Å². The lowest BCUT2D eigenvalue weighted by Crippen LogP contribution is -2.16. The summed E-state index contributed by atoms with van der Waals surface area (Å²) < 4.78 is 5.00. The molecule has 0 saturated heterocycles. The number of carbonyl (C=O) groups is 3. The van der Waals surface area contributed by atoms with Gasteiger partial charge in [-0.25, -0.2) is 0 Å². The van der Waals surface area contributed by atoms with Crippen LogP contribution in [0.1, 0.15) is 27.6 Å². The SMILES string of the molecule is CC(=O)Oc1cccc(C(=O)Nc2ccccc2NC(=O)c2ccccc2)c1. The number of para-hydroxylation sites is 2. The molecule has 0 aliphatic rings. The van der Waals surface area contributed by atoms with Crippen LogP contribution in [-0.4, -0.2) is 17.8 Å². The Bertz CT molecular complexity index is 1020. The number of hydrogen-bond donors (Lipinski definition) is 2. The molecule has 2 N–H and O–H groups in total. The van der Waals surface area contributed by atoms with E-state index >= 15 is 0 Å². The third kappa shape index (κ3) is 4.82. The number of nitrogens with one attached hydrogen (secondary N) is 2. The molecule has 0 heterocycles. The smallest absolute Gasteiger partial charge is 0.308 e. The number of ether oxygens (including phenoxy) is 1. The van der Waals surface area contributed by atoms with Crippen LogP contribution in [-0.2, 0) is 4.79 Å². The molecule has 3 rings (SSSR count). The standard InChI is InChI=1S/C22H18N2O4/c1-15(25)28-18-11-7-10-17(14-18)22(27)24-20-13-6-5-12-19(20)23-21(26)16-8-3-2-4-9-16/h2-14H,1H3,(H,23,26)(H,24,27). The first-order valence-corrected chi connectivity index (χ1v) is 8.58. The van der Waals surface area contributed by atoms with Crippen LogP contribution < -0.4 is 15.4 Å². The number of amides is 2. The average molecular weight is 374 g/mol. The van der Waals surface area contributed by atoms with Crippen LogP contribution in [0, 0.1) is 0 Å². The highest BCUT2D eigenvalue weighted by Crippen LogP contribution is 2.23. The number of benzene rings is 3. The highest BCUT2D eigenvalue weighted by Gasteiger charge is 2.13. The van der Waals surface area contributed by atoms with Crippen molar-refractivity contribution in [3.05, 3.63) is 90.0 Å². The van der Waals surface area contributed by atoms with Gasteiger partial charge < -0.3 is 15.4 Å². The first kappa shape index (κ1) is 18.8. The fraction of sp³-hybridized carbons (Fsp3) is 0.0455. The second kappa shape index (κ2) is 8.64. The third-order valence-electron chi connectivity index (χ3n) is 3.82. The van der Waals surface area contributed by atoms with E-state index in [4.69, 9.17) is 4.74 Å². The van der Waals surface area contributed by atoms with E-state index < -0.39 is 11.9 Å². The minimum Gasteiger partial charge on any atom is -0.427 e. The van der Waals surface area contributed by atoms with Crippen molar-refractivity contribution in [2.24, 2.45) is 0 Å². The second-order valence-electron chi connectivity index (χ2n) is 5.94. The number of esters is 1. The Balaban J connectivity index is 1.77. The van der Waals surface area contributed by atoms with Crippen LogP contribution in [0.15, 0.2) is 78.9 Å². The maximum absolute atomic E-state index is 12.6. The van der Waals surface area contributed by atoms with Gasteiger partial charge in [-0.2, -0.15) is 0 Å². The van der Waals surface area contributed by atoms with E-state index in [0.29, 0.717) is 22.5 Å². The highest BCUT2D eigenvalue weighted by atomic mass is 16.5. The van der Waals surface area contributed by atoms with Gasteiger partial charge in [0.1, 0.15) is 5.75 Å². The quantitative estimate of drug-likeness (QED) is 0.520. The van der Waals surface area contributed by atoms with Gasteiger partial charge in [-0.05, 0) is 42.5 Å². The van der Waals surface area contributed by atoms with Gasteiger partial charge in [0.05, 0.1) is 11.4 Å². The fourth-order valence-corrected chi connectivity index (χ4v) is 2.55. The Morgan fingerprint density at radius 3 is 1.82 bits per heavy atom. The van der Waals surface area contributed by atoms with Gasteiger partial charge >= 0.3 is 5.97 Å². The van der Waals surface area contributed by atoms with Crippen molar-refractivity contribution in [1.29, 1.82) is 0 Å². The molecule has 2 amide bonds. The van der Waals surface area contributed by atoms with E-state index in [9.17, 15) is 14.4 Å². The van der Waals surface area contributed by atoms with Crippen LogP contribution in [0.25, 0.3) is 0 Å². The first-order valence-electron chi connectivity index (χ1n) is 8.58.